The van der Waals surface area contributed by atoms with Gasteiger partial charge in [0.15, 0.2) is 11.6 Å². The fourth-order valence-electron chi connectivity index (χ4n) is 5.53. The molecule has 5 heterocycles. The first-order chi connectivity index (χ1) is 13.5. The monoisotopic (exact) mass is 387 g/mol. The Kier molecular flexibility index (Phi) is 4.23. The molecule has 0 unspecified atom stereocenters. The number of aryl methyl sites for hydroxylation is 1. The number of hydrogen-bond acceptors (Lipinski definition) is 4. The van der Waals surface area contributed by atoms with E-state index in [4.69, 9.17) is 4.52 Å². The Hall–Kier alpha value is -2.28. The number of aromatic nitrogens is 1. The summed E-state index contributed by atoms with van der Waals surface area (Å²) in [7, 11) is 0. The van der Waals surface area contributed by atoms with Crippen LogP contribution in [0.1, 0.15) is 35.8 Å². The Balaban J connectivity index is 1.48. The highest BCUT2D eigenvalue weighted by Crippen LogP contribution is 2.47. The van der Waals surface area contributed by atoms with E-state index in [1.165, 1.54) is 0 Å². The SMILES string of the molecule is Cc1cc(CC(=O)N2C[C@H](c3cccc(F)c3F)[C@H]3[C@@H]2C2CCN3CC2)on1. The van der Waals surface area contributed by atoms with Gasteiger partial charge in [0, 0.05) is 24.6 Å². The predicted molar refractivity (Wildman–Crippen MR) is 97.6 cm³/mol. The second-order valence-electron chi connectivity index (χ2n) is 8.26. The van der Waals surface area contributed by atoms with E-state index in [1.54, 1.807) is 18.2 Å². The summed E-state index contributed by atoms with van der Waals surface area (Å²) in [5.41, 5.74) is 1.12. The second-order valence-corrected chi connectivity index (χ2v) is 8.26. The van der Waals surface area contributed by atoms with Crippen molar-refractivity contribution < 1.29 is 18.1 Å². The first-order valence-electron chi connectivity index (χ1n) is 9.92. The third-order valence-electron chi connectivity index (χ3n) is 6.70. The van der Waals surface area contributed by atoms with Crippen molar-refractivity contribution in [2.75, 3.05) is 19.6 Å². The van der Waals surface area contributed by atoms with Gasteiger partial charge in [-0.2, -0.15) is 0 Å². The van der Waals surface area contributed by atoms with Gasteiger partial charge in [-0.1, -0.05) is 17.3 Å². The minimum absolute atomic E-state index is 0.0285. The first-order valence-corrected chi connectivity index (χ1v) is 9.92. The predicted octanol–water partition coefficient (Wildman–Crippen LogP) is 2.89. The number of likely N-dealkylation sites (tertiary alicyclic amines) is 1. The summed E-state index contributed by atoms with van der Waals surface area (Å²) in [4.78, 5) is 17.4. The standard InChI is InChI=1S/C21H23F2N3O2/c1-12-9-14(28-24-12)10-18(27)26-11-16(15-3-2-4-17(22)19(15)23)21-20(26)13-5-7-25(21)8-6-13/h2-4,9,13,16,20-21H,5-8,10-11H2,1H3/t16-,20+,21+/m1/s1. The molecule has 5 nitrogen and oxygen atoms in total. The van der Waals surface area contributed by atoms with Gasteiger partial charge in [-0.15, -0.1) is 0 Å². The number of carbonyl (C=O) groups is 1. The summed E-state index contributed by atoms with van der Waals surface area (Å²) in [5.74, 6) is -0.901. The lowest BCUT2D eigenvalue weighted by molar-refractivity contribution is -0.135. The van der Waals surface area contributed by atoms with Gasteiger partial charge in [-0.3, -0.25) is 9.69 Å². The van der Waals surface area contributed by atoms with Gasteiger partial charge in [-0.05, 0) is 50.4 Å². The van der Waals surface area contributed by atoms with Gasteiger partial charge in [0.1, 0.15) is 5.76 Å². The summed E-state index contributed by atoms with van der Waals surface area (Å²) in [5, 5.41) is 3.85. The summed E-state index contributed by atoms with van der Waals surface area (Å²) in [6, 6.07) is 6.23. The molecule has 148 valence electrons. The van der Waals surface area contributed by atoms with Crippen LogP contribution in [0.2, 0.25) is 0 Å². The molecule has 1 aromatic carbocycles. The zero-order chi connectivity index (χ0) is 19.4. The van der Waals surface area contributed by atoms with Gasteiger partial charge in [0.05, 0.1) is 18.2 Å². The lowest BCUT2D eigenvalue weighted by Gasteiger charge is -2.51. The topological polar surface area (TPSA) is 49.6 Å². The average Bonchev–Trinajstić information content (AvgIpc) is 3.30. The molecule has 2 aromatic rings. The van der Waals surface area contributed by atoms with Crippen molar-refractivity contribution in [3.05, 3.63) is 52.9 Å². The number of halogens is 2. The molecule has 0 saturated carbocycles. The van der Waals surface area contributed by atoms with Crippen LogP contribution in [0.3, 0.4) is 0 Å². The largest absolute Gasteiger partial charge is 0.361 e. The molecule has 3 atom stereocenters. The molecule has 6 rings (SSSR count). The van der Waals surface area contributed by atoms with Crippen LogP contribution in [0.25, 0.3) is 0 Å². The van der Waals surface area contributed by atoms with Crippen LogP contribution in [0.15, 0.2) is 28.8 Å². The van der Waals surface area contributed by atoms with Crippen LogP contribution in [0.5, 0.6) is 0 Å². The Morgan fingerprint density at radius 1 is 1.25 bits per heavy atom. The summed E-state index contributed by atoms with van der Waals surface area (Å²) in [6.45, 7) is 4.15. The van der Waals surface area contributed by atoms with Crippen molar-refractivity contribution in [2.24, 2.45) is 5.92 Å². The van der Waals surface area contributed by atoms with Crippen molar-refractivity contribution >= 4 is 5.91 Å². The third kappa shape index (κ3) is 2.75. The molecule has 0 spiro atoms. The molecular formula is C21H23F2N3O2. The molecule has 4 saturated heterocycles. The molecule has 4 aliphatic rings. The van der Waals surface area contributed by atoms with E-state index in [1.807, 2.05) is 11.8 Å². The van der Waals surface area contributed by atoms with Gasteiger partial charge in [-0.25, -0.2) is 8.78 Å². The van der Waals surface area contributed by atoms with Crippen LogP contribution >= 0.6 is 0 Å². The smallest absolute Gasteiger partial charge is 0.230 e. The van der Waals surface area contributed by atoms with Gasteiger partial charge < -0.3 is 9.42 Å². The zero-order valence-electron chi connectivity index (χ0n) is 15.8. The molecular weight excluding hydrogens is 364 g/mol. The number of fused-ring (bicyclic) bond motifs is 2. The maximum atomic E-state index is 14.6. The number of hydrogen-bond donors (Lipinski definition) is 0. The van der Waals surface area contributed by atoms with Crippen molar-refractivity contribution in [1.82, 2.24) is 15.0 Å². The highest BCUT2D eigenvalue weighted by atomic mass is 19.2. The highest BCUT2D eigenvalue weighted by Gasteiger charge is 2.55. The summed E-state index contributed by atoms with van der Waals surface area (Å²) >= 11 is 0. The highest BCUT2D eigenvalue weighted by molar-refractivity contribution is 5.79. The molecule has 1 amide bonds. The summed E-state index contributed by atoms with van der Waals surface area (Å²) in [6.07, 6.45) is 2.24. The van der Waals surface area contributed by atoms with Crippen molar-refractivity contribution in [2.45, 2.75) is 44.2 Å². The fraction of sp³-hybridized carbons (Fsp3) is 0.524. The number of rotatable bonds is 3. The normalized spacial score (nSPS) is 31.2. The Bertz CT molecular complexity index is 907. The van der Waals surface area contributed by atoms with E-state index >= 15 is 0 Å². The number of piperidine rings is 3. The van der Waals surface area contributed by atoms with Crippen molar-refractivity contribution in [3.8, 4) is 0 Å². The Morgan fingerprint density at radius 3 is 2.75 bits per heavy atom. The molecule has 28 heavy (non-hydrogen) atoms. The van der Waals surface area contributed by atoms with E-state index in [2.05, 4.69) is 10.1 Å². The van der Waals surface area contributed by atoms with Crippen LogP contribution in [0, 0.1) is 24.5 Å². The molecule has 0 radical (unpaired) electrons. The van der Waals surface area contributed by atoms with E-state index in [9.17, 15) is 13.6 Å². The van der Waals surface area contributed by atoms with Crippen molar-refractivity contribution in [1.29, 1.82) is 0 Å². The minimum atomic E-state index is -0.827. The summed E-state index contributed by atoms with van der Waals surface area (Å²) < 4.78 is 33.7. The number of carbonyl (C=O) groups excluding carboxylic acids is 1. The molecule has 7 heteroatoms. The number of benzene rings is 1. The quantitative estimate of drug-likeness (QED) is 0.813. The van der Waals surface area contributed by atoms with E-state index in [0.717, 1.165) is 37.7 Å². The van der Waals surface area contributed by atoms with E-state index in [-0.39, 0.29) is 30.3 Å². The van der Waals surface area contributed by atoms with Crippen LogP contribution in [0.4, 0.5) is 8.78 Å². The molecule has 2 bridgehead atoms. The maximum absolute atomic E-state index is 14.6. The fourth-order valence-corrected chi connectivity index (χ4v) is 5.53. The Labute approximate surface area is 162 Å². The van der Waals surface area contributed by atoms with E-state index in [0.29, 0.717) is 23.8 Å². The van der Waals surface area contributed by atoms with Crippen LogP contribution in [-0.2, 0) is 11.2 Å². The van der Waals surface area contributed by atoms with Gasteiger partial charge >= 0.3 is 0 Å². The minimum Gasteiger partial charge on any atom is -0.361 e. The first kappa shape index (κ1) is 17.8. The second kappa shape index (κ2) is 6.65. The van der Waals surface area contributed by atoms with E-state index < -0.39 is 11.6 Å². The van der Waals surface area contributed by atoms with Gasteiger partial charge in [0.2, 0.25) is 5.91 Å². The molecule has 1 aromatic heterocycles. The van der Waals surface area contributed by atoms with Crippen LogP contribution < -0.4 is 0 Å². The Morgan fingerprint density at radius 2 is 2.04 bits per heavy atom. The number of nitrogens with zero attached hydrogens (tertiary/aromatic N) is 3. The third-order valence-corrected chi connectivity index (χ3v) is 6.70. The zero-order valence-corrected chi connectivity index (χ0v) is 15.8. The van der Waals surface area contributed by atoms with Gasteiger partial charge in [0.25, 0.3) is 0 Å². The lowest BCUT2D eigenvalue weighted by atomic mass is 9.75. The molecule has 0 aliphatic carbocycles. The molecule has 0 N–H and O–H groups in total. The lowest BCUT2D eigenvalue weighted by Crippen LogP contribution is -2.60. The molecule has 4 aliphatic heterocycles. The average molecular weight is 387 g/mol. The van der Waals surface area contributed by atoms with Crippen LogP contribution in [-0.4, -0.2) is 52.6 Å². The number of amides is 1. The molecule has 4 fully saturated rings. The maximum Gasteiger partial charge on any atom is 0.230 e. The van der Waals surface area contributed by atoms with Crippen molar-refractivity contribution in [3.63, 3.8) is 0 Å².